The van der Waals surface area contributed by atoms with Gasteiger partial charge in [-0.1, -0.05) is 12.1 Å². The summed E-state index contributed by atoms with van der Waals surface area (Å²) < 4.78 is 1.88. The fourth-order valence-electron chi connectivity index (χ4n) is 1.85. The molecule has 0 radical (unpaired) electrons. The molecule has 2 N–H and O–H groups in total. The normalized spacial score (nSPS) is 10.7. The zero-order valence-corrected chi connectivity index (χ0v) is 10.8. The van der Waals surface area contributed by atoms with Gasteiger partial charge in [-0.05, 0) is 50.3 Å². The molecule has 0 aliphatic carbocycles. The summed E-state index contributed by atoms with van der Waals surface area (Å²) in [6.07, 6.45) is 4.90. The molecule has 1 heterocycles. The van der Waals surface area contributed by atoms with Gasteiger partial charge < -0.3 is 10.6 Å². The van der Waals surface area contributed by atoms with Crippen molar-refractivity contribution >= 4 is 0 Å². The van der Waals surface area contributed by atoms with Crippen LogP contribution in [-0.4, -0.2) is 29.9 Å². The van der Waals surface area contributed by atoms with E-state index in [9.17, 15) is 0 Å². The van der Waals surface area contributed by atoms with Gasteiger partial charge in [0.25, 0.3) is 0 Å². The molecule has 0 unspecified atom stereocenters. The van der Waals surface area contributed by atoms with E-state index in [-0.39, 0.29) is 0 Å². The van der Waals surface area contributed by atoms with Crippen LogP contribution in [0.25, 0.3) is 5.69 Å². The lowest BCUT2D eigenvalue weighted by Crippen LogP contribution is -2.19. The Morgan fingerprint density at radius 2 is 2.17 bits per heavy atom. The number of aromatic nitrogens is 2. The van der Waals surface area contributed by atoms with Crippen LogP contribution in [-0.2, 0) is 6.54 Å². The maximum atomic E-state index is 4.24. The van der Waals surface area contributed by atoms with Gasteiger partial charge in [-0.3, -0.25) is 0 Å². The molecule has 4 nitrogen and oxygen atoms in total. The smallest absolute Gasteiger partial charge is 0.0648 e. The minimum atomic E-state index is 0.902. The monoisotopic (exact) mass is 244 g/mol. The quantitative estimate of drug-likeness (QED) is 0.727. The molecule has 1 aromatic carbocycles. The summed E-state index contributed by atoms with van der Waals surface area (Å²) >= 11 is 0. The zero-order chi connectivity index (χ0) is 12.6. The molecule has 2 aromatic rings. The molecule has 0 bridgehead atoms. The highest BCUT2D eigenvalue weighted by molar-refractivity contribution is 5.34. The minimum Gasteiger partial charge on any atom is -0.320 e. The molecule has 2 rings (SSSR count). The van der Waals surface area contributed by atoms with Gasteiger partial charge in [-0.15, -0.1) is 0 Å². The van der Waals surface area contributed by atoms with E-state index >= 15 is 0 Å². The second kappa shape index (κ2) is 6.93. The van der Waals surface area contributed by atoms with Crippen LogP contribution < -0.4 is 10.6 Å². The van der Waals surface area contributed by atoms with Crippen molar-refractivity contribution in [3.05, 3.63) is 48.3 Å². The number of nitrogens with zero attached hydrogens (tertiary/aromatic N) is 2. The lowest BCUT2D eigenvalue weighted by Gasteiger charge is -2.07. The van der Waals surface area contributed by atoms with Crippen molar-refractivity contribution in [3.8, 4) is 5.69 Å². The predicted octanol–water partition coefficient (Wildman–Crippen LogP) is 1.57. The molecule has 0 amide bonds. The highest BCUT2D eigenvalue weighted by atomic mass is 15.3. The van der Waals surface area contributed by atoms with Crippen LogP contribution >= 0.6 is 0 Å². The van der Waals surface area contributed by atoms with Gasteiger partial charge in [0.1, 0.15) is 0 Å². The molecule has 0 saturated carbocycles. The molecular weight excluding hydrogens is 224 g/mol. The lowest BCUT2D eigenvalue weighted by molar-refractivity contribution is 0.625. The van der Waals surface area contributed by atoms with Crippen LogP contribution in [0.15, 0.2) is 42.7 Å². The summed E-state index contributed by atoms with van der Waals surface area (Å²) in [4.78, 5) is 0. The maximum absolute atomic E-state index is 4.24. The summed E-state index contributed by atoms with van der Waals surface area (Å²) in [7, 11) is 1.98. The summed E-state index contributed by atoms with van der Waals surface area (Å²) in [5.41, 5.74) is 2.39. The third kappa shape index (κ3) is 3.68. The van der Waals surface area contributed by atoms with E-state index in [1.165, 1.54) is 5.56 Å². The van der Waals surface area contributed by atoms with E-state index in [2.05, 4.69) is 40.0 Å². The molecular formula is C14H20N4. The molecule has 0 saturated heterocycles. The van der Waals surface area contributed by atoms with Gasteiger partial charge >= 0.3 is 0 Å². The Morgan fingerprint density at radius 1 is 1.22 bits per heavy atom. The maximum Gasteiger partial charge on any atom is 0.0648 e. The summed E-state index contributed by atoms with van der Waals surface area (Å²) in [6, 6.07) is 10.4. The fourth-order valence-corrected chi connectivity index (χ4v) is 1.85. The Morgan fingerprint density at radius 3 is 2.94 bits per heavy atom. The molecule has 0 aliphatic heterocycles. The summed E-state index contributed by atoms with van der Waals surface area (Å²) in [6.45, 7) is 2.99. The van der Waals surface area contributed by atoms with Crippen LogP contribution in [0.1, 0.15) is 12.0 Å². The van der Waals surface area contributed by atoms with E-state index in [4.69, 9.17) is 0 Å². The Balaban J connectivity index is 1.88. The van der Waals surface area contributed by atoms with Crippen LogP contribution in [0.3, 0.4) is 0 Å². The highest BCUT2D eigenvalue weighted by Gasteiger charge is 1.98. The first-order valence-corrected chi connectivity index (χ1v) is 6.34. The van der Waals surface area contributed by atoms with E-state index in [1.807, 2.05) is 24.0 Å². The summed E-state index contributed by atoms with van der Waals surface area (Å²) in [5, 5.41) is 10.8. The first-order chi connectivity index (χ1) is 8.90. The third-order valence-electron chi connectivity index (χ3n) is 2.79. The number of rotatable bonds is 7. The highest BCUT2D eigenvalue weighted by Crippen LogP contribution is 2.09. The first kappa shape index (κ1) is 12.8. The standard InChI is InChI=1S/C14H20N4/c1-15-7-3-8-16-12-13-5-2-6-14(11-13)18-10-4-9-17-18/h2,4-6,9-11,15-16H,3,7-8,12H2,1H3. The molecule has 4 heteroatoms. The Bertz CT molecular complexity index is 451. The molecule has 0 spiro atoms. The Labute approximate surface area is 108 Å². The van der Waals surface area contributed by atoms with Crippen LogP contribution in [0, 0.1) is 0 Å². The largest absolute Gasteiger partial charge is 0.320 e. The number of benzene rings is 1. The van der Waals surface area contributed by atoms with Gasteiger partial charge in [-0.25, -0.2) is 4.68 Å². The molecule has 0 atom stereocenters. The van der Waals surface area contributed by atoms with Crippen molar-refractivity contribution in [2.45, 2.75) is 13.0 Å². The molecule has 0 aliphatic rings. The average Bonchev–Trinajstić information content (AvgIpc) is 2.93. The van der Waals surface area contributed by atoms with Crippen molar-refractivity contribution in [1.29, 1.82) is 0 Å². The first-order valence-electron chi connectivity index (χ1n) is 6.34. The number of hydrogen-bond donors (Lipinski definition) is 2. The number of nitrogens with one attached hydrogen (secondary N) is 2. The van der Waals surface area contributed by atoms with E-state index in [0.717, 1.165) is 31.7 Å². The van der Waals surface area contributed by atoms with Crippen molar-refractivity contribution < 1.29 is 0 Å². The number of hydrogen-bond acceptors (Lipinski definition) is 3. The Kier molecular flexibility index (Phi) is 4.93. The van der Waals surface area contributed by atoms with E-state index in [0.29, 0.717) is 0 Å². The van der Waals surface area contributed by atoms with Crippen molar-refractivity contribution in [3.63, 3.8) is 0 Å². The van der Waals surface area contributed by atoms with Crippen LogP contribution in [0.5, 0.6) is 0 Å². The van der Waals surface area contributed by atoms with Crippen molar-refractivity contribution in [1.82, 2.24) is 20.4 Å². The molecule has 96 valence electrons. The van der Waals surface area contributed by atoms with Gasteiger partial charge in [0.05, 0.1) is 5.69 Å². The van der Waals surface area contributed by atoms with Crippen molar-refractivity contribution in [2.75, 3.05) is 20.1 Å². The summed E-state index contributed by atoms with van der Waals surface area (Å²) in [5.74, 6) is 0. The minimum absolute atomic E-state index is 0.902. The second-order valence-electron chi connectivity index (χ2n) is 4.25. The zero-order valence-electron chi connectivity index (χ0n) is 10.8. The second-order valence-corrected chi connectivity index (χ2v) is 4.25. The van der Waals surface area contributed by atoms with E-state index in [1.54, 1.807) is 6.20 Å². The van der Waals surface area contributed by atoms with Gasteiger partial charge in [0.15, 0.2) is 0 Å². The molecule has 1 aromatic heterocycles. The topological polar surface area (TPSA) is 41.9 Å². The average molecular weight is 244 g/mol. The third-order valence-corrected chi connectivity index (χ3v) is 2.79. The lowest BCUT2D eigenvalue weighted by atomic mass is 10.2. The Hall–Kier alpha value is -1.65. The van der Waals surface area contributed by atoms with Crippen LogP contribution in [0.4, 0.5) is 0 Å². The molecule has 0 fully saturated rings. The van der Waals surface area contributed by atoms with Gasteiger partial charge in [0, 0.05) is 18.9 Å². The van der Waals surface area contributed by atoms with Gasteiger partial charge in [-0.2, -0.15) is 5.10 Å². The van der Waals surface area contributed by atoms with Crippen LogP contribution in [0.2, 0.25) is 0 Å². The van der Waals surface area contributed by atoms with Crippen molar-refractivity contribution in [2.24, 2.45) is 0 Å². The van der Waals surface area contributed by atoms with Gasteiger partial charge in [0.2, 0.25) is 0 Å². The predicted molar refractivity (Wildman–Crippen MR) is 73.8 cm³/mol. The fraction of sp³-hybridized carbons (Fsp3) is 0.357. The SMILES string of the molecule is CNCCCNCc1cccc(-n2cccn2)c1. The van der Waals surface area contributed by atoms with E-state index < -0.39 is 0 Å². The molecule has 18 heavy (non-hydrogen) atoms.